The van der Waals surface area contributed by atoms with Gasteiger partial charge in [-0.3, -0.25) is 4.79 Å². The largest absolute Gasteiger partial charge is 0.338 e. The van der Waals surface area contributed by atoms with Crippen LogP contribution in [0.15, 0.2) is 48.5 Å². The van der Waals surface area contributed by atoms with E-state index in [1.807, 2.05) is 41.9 Å². The van der Waals surface area contributed by atoms with Gasteiger partial charge in [0, 0.05) is 24.2 Å². The first kappa shape index (κ1) is 17.4. The van der Waals surface area contributed by atoms with E-state index in [2.05, 4.69) is 55.8 Å². The number of hydrogen-bond donors (Lipinski definition) is 1. The molecule has 0 aliphatic carbocycles. The minimum atomic E-state index is -0.0867. The predicted molar refractivity (Wildman–Crippen MR) is 113 cm³/mol. The van der Waals surface area contributed by atoms with E-state index in [1.165, 1.54) is 22.0 Å². The third kappa shape index (κ3) is 2.72. The van der Waals surface area contributed by atoms with Crippen molar-refractivity contribution in [1.82, 2.24) is 9.13 Å². The molecule has 0 aliphatic rings. The molecule has 4 heteroatoms. The Morgan fingerprint density at radius 1 is 0.963 bits per heavy atom. The summed E-state index contributed by atoms with van der Waals surface area (Å²) in [5, 5.41) is 4.22. The number of aromatic nitrogens is 2. The molecule has 2 aromatic heterocycles. The minimum Gasteiger partial charge on any atom is -0.338 e. The molecule has 2 aromatic carbocycles. The van der Waals surface area contributed by atoms with Gasteiger partial charge in [-0.25, -0.2) is 0 Å². The molecule has 0 atom stereocenters. The lowest BCUT2D eigenvalue weighted by molar-refractivity contribution is 0.102. The van der Waals surface area contributed by atoms with E-state index in [0.717, 1.165) is 16.7 Å². The van der Waals surface area contributed by atoms with Gasteiger partial charge >= 0.3 is 0 Å². The Bertz CT molecular complexity index is 1180. The zero-order valence-electron chi connectivity index (χ0n) is 16.5. The molecule has 0 radical (unpaired) electrons. The van der Waals surface area contributed by atoms with Gasteiger partial charge in [0.2, 0.25) is 0 Å². The fourth-order valence-electron chi connectivity index (χ4n) is 3.89. The molecule has 4 aromatic rings. The molecule has 0 spiro atoms. The van der Waals surface area contributed by atoms with Gasteiger partial charge in [-0.2, -0.15) is 0 Å². The summed E-state index contributed by atoms with van der Waals surface area (Å²) in [5.41, 5.74) is 7.28. The van der Waals surface area contributed by atoms with Crippen molar-refractivity contribution in [1.29, 1.82) is 0 Å². The van der Waals surface area contributed by atoms with Crippen LogP contribution in [0.3, 0.4) is 0 Å². The molecular formula is C23H25N3O. The van der Waals surface area contributed by atoms with E-state index in [-0.39, 0.29) is 5.91 Å². The fraction of sp³-hybridized carbons (Fsp3) is 0.261. The maximum absolute atomic E-state index is 13.0. The number of benzene rings is 2. The summed E-state index contributed by atoms with van der Waals surface area (Å²) < 4.78 is 4.31. The van der Waals surface area contributed by atoms with Gasteiger partial charge in [0.25, 0.3) is 5.91 Å². The number of carbonyl (C=O) groups excluding carboxylic acids is 1. The van der Waals surface area contributed by atoms with Crippen LogP contribution in [0, 0.1) is 13.8 Å². The van der Waals surface area contributed by atoms with Crippen LogP contribution in [0.2, 0.25) is 0 Å². The van der Waals surface area contributed by atoms with Gasteiger partial charge in [-0.1, -0.05) is 24.3 Å². The first-order chi connectivity index (χ1) is 12.9. The van der Waals surface area contributed by atoms with Gasteiger partial charge < -0.3 is 14.5 Å². The first-order valence-electron chi connectivity index (χ1n) is 9.35. The molecule has 2 heterocycles. The topological polar surface area (TPSA) is 39.0 Å². The number of fused-ring (bicyclic) bond motifs is 3. The maximum Gasteiger partial charge on any atom is 0.272 e. The van der Waals surface area contributed by atoms with Gasteiger partial charge in [0.1, 0.15) is 5.69 Å². The van der Waals surface area contributed by atoms with Crippen molar-refractivity contribution < 1.29 is 4.79 Å². The second kappa shape index (κ2) is 6.31. The Kier molecular flexibility index (Phi) is 4.06. The van der Waals surface area contributed by atoms with Gasteiger partial charge in [-0.05, 0) is 63.1 Å². The lowest BCUT2D eigenvalue weighted by atomic mass is 10.1. The summed E-state index contributed by atoms with van der Waals surface area (Å²) in [7, 11) is 1.97. The Labute approximate surface area is 159 Å². The summed E-state index contributed by atoms with van der Waals surface area (Å²) in [5.74, 6) is -0.0867. The van der Waals surface area contributed by atoms with Gasteiger partial charge in [-0.15, -0.1) is 0 Å². The second-order valence-corrected chi connectivity index (χ2v) is 7.56. The summed E-state index contributed by atoms with van der Waals surface area (Å²) in [6, 6.07) is 16.7. The number of para-hydroxylation sites is 1. The average Bonchev–Trinajstić information content (AvgIpc) is 3.13. The van der Waals surface area contributed by atoms with Crippen LogP contribution in [-0.4, -0.2) is 15.0 Å². The number of nitrogens with zero attached hydrogens (tertiary/aromatic N) is 2. The highest BCUT2D eigenvalue weighted by Crippen LogP contribution is 2.33. The second-order valence-electron chi connectivity index (χ2n) is 7.56. The number of anilines is 1. The highest BCUT2D eigenvalue weighted by atomic mass is 16.1. The van der Waals surface area contributed by atoms with E-state index in [9.17, 15) is 4.79 Å². The number of rotatable bonds is 3. The van der Waals surface area contributed by atoms with Gasteiger partial charge in [0.15, 0.2) is 0 Å². The standard InChI is InChI=1S/C23H25N3O/c1-14(2)26-19-9-7-6-8-18(19)22-20(26)13-21(25(22)5)23(27)24-17-11-10-15(3)16(4)12-17/h6-14H,1-5H3,(H,24,27). The molecule has 0 saturated carbocycles. The fourth-order valence-corrected chi connectivity index (χ4v) is 3.89. The van der Waals surface area contributed by atoms with E-state index in [1.54, 1.807) is 0 Å². The van der Waals surface area contributed by atoms with Crippen LogP contribution in [0.4, 0.5) is 5.69 Å². The maximum atomic E-state index is 13.0. The van der Waals surface area contributed by atoms with Crippen molar-refractivity contribution in [2.24, 2.45) is 7.05 Å². The normalized spacial score (nSPS) is 11.6. The monoisotopic (exact) mass is 359 g/mol. The highest BCUT2D eigenvalue weighted by Gasteiger charge is 2.21. The third-order valence-corrected chi connectivity index (χ3v) is 5.40. The SMILES string of the molecule is Cc1ccc(NC(=O)c2cc3c(c4ccccc4n3C(C)C)n2C)cc1C. The number of carbonyl (C=O) groups is 1. The van der Waals surface area contributed by atoms with E-state index in [4.69, 9.17) is 0 Å². The first-order valence-corrected chi connectivity index (χ1v) is 9.35. The van der Waals surface area contributed by atoms with Gasteiger partial charge in [0.05, 0.1) is 16.6 Å². The van der Waals surface area contributed by atoms with Crippen LogP contribution in [0.5, 0.6) is 0 Å². The van der Waals surface area contributed by atoms with Crippen molar-refractivity contribution in [3.63, 3.8) is 0 Å². The van der Waals surface area contributed by atoms with Crippen molar-refractivity contribution in [3.8, 4) is 0 Å². The minimum absolute atomic E-state index is 0.0867. The highest BCUT2D eigenvalue weighted by molar-refractivity contribution is 6.12. The lowest BCUT2D eigenvalue weighted by Crippen LogP contribution is -2.15. The molecule has 0 fully saturated rings. The molecule has 0 aliphatic heterocycles. The Balaban J connectivity index is 1.83. The van der Waals surface area contributed by atoms with E-state index < -0.39 is 0 Å². The lowest BCUT2D eigenvalue weighted by Gasteiger charge is -2.11. The summed E-state index contributed by atoms with van der Waals surface area (Å²) in [6.07, 6.45) is 0. The average molecular weight is 359 g/mol. The van der Waals surface area contributed by atoms with Crippen molar-refractivity contribution >= 4 is 33.5 Å². The van der Waals surface area contributed by atoms with Crippen molar-refractivity contribution in [2.45, 2.75) is 33.7 Å². The van der Waals surface area contributed by atoms with Crippen LogP contribution in [-0.2, 0) is 7.05 Å². The Hall–Kier alpha value is -3.01. The number of nitrogens with one attached hydrogen (secondary N) is 1. The quantitative estimate of drug-likeness (QED) is 0.509. The smallest absolute Gasteiger partial charge is 0.272 e. The van der Waals surface area contributed by atoms with Crippen molar-refractivity contribution in [3.05, 3.63) is 65.4 Å². The molecule has 138 valence electrons. The van der Waals surface area contributed by atoms with Crippen LogP contribution in [0.1, 0.15) is 41.5 Å². The Morgan fingerprint density at radius 3 is 2.41 bits per heavy atom. The molecule has 1 amide bonds. The summed E-state index contributed by atoms with van der Waals surface area (Å²) in [6.45, 7) is 8.47. The van der Waals surface area contributed by atoms with Crippen LogP contribution < -0.4 is 5.32 Å². The molecule has 4 nitrogen and oxygen atoms in total. The zero-order valence-corrected chi connectivity index (χ0v) is 16.5. The predicted octanol–water partition coefficient (Wildman–Crippen LogP) is 5.58. The Morgan fingerprint density at radius 2 is 1.70 bits per heavy atom. The number of hydrogen-bond acceptors (Lipinski definition) is 1. The molecule has 0 saturated heterocycles. The van der Waals surface area contributed by atoms with E-state index in [0.29, 0.717) is 11.7 Å². The molecule has 1 N–H and O–H groups in total. The zero-order chi connectivity index (χ0) is 19.3. The van der Waals surface area contributed by atoms with E-state index >= 15 is 0 Å². The van der Waals surface area contributed by atoms with Crippen LogP contribution in [0.25, 0.3) is 21.9 Å². The molecule has 0 unspecified atom stereocenters. The summed E-state index contributed by atoms with van der Waals surface area (Å²) in [4.78, 5) is 13.0. The molecule has 27 heavy (non-hydrogen) atoms. The number of amides is 1. The van der Waals surface area contributed by atoms with Crippen LogP contribution >= 0.6 is 0 Å². The molecule has 0 bridgehead atoms. The van der Waals surface area contributed by atoms with Crippen molar-refractivity contribution in [2.75, 3.05) is 5.32 Å². The number of aryl methyl sites for hydroxylation is 3. The third-order valence-electron chi connectivity index (χ3n) is 5.40. The summed E-state index contributed by atoms with van der Waals surface area (Å²) >= 11 is 0. The molecule has 4 rings (SSSR count). The molecular weight excluding hydrogens is 334 g/mol.